The molecule has 4 heteroatoms. The Kier molecular flexibility index (Phi) is 5.48. The zero-order valence-electron chi connectivity index (χ0n) is 11.8. The van der Waals surface area contributed by atoms with Crippen LogP contribution in [-0.2, 0) is 11.2 Å². The Balaban J connectivity index is 1.75. The summed E-state index contributed by atoms with van der Waals surface area (Å²) < 4.78 is 15.9. The largest absolute Gasteiger partial charge is 0.493 e. The van der Waals surface area contributed by atoms with Gasteiger partial charge in [0.25, 0.3) is 0 Å². The SMILES string of the molecule is COc1ccc(CCNCC2CCOC2)cc1OC. The van der Waals surface area contributed by atoms with E-state index in [1.807, 2.05) is 12.1 Å². The summed E-state index contributed by atoms with van der Waals surface area (Å²) in [7, 11) is 3.32. The number of hydrogen-bond donors (Lipinski definition) is 1. The van der Waals surface area contributed by atoms with Gasteiger partial charge in [0.2, 0.25) is 0 Å². The summed E-state index contributed by atoms with van der Waals surface area (Å²) in [6.07, 6.45) is 2.18. The van der Waals surface area contributed by atoms with Crippen molar-refractivity contribution in [2.75, 3.05) is 40.5 Å². The van der Waals surface area contributed by atoms with Crippen LogP contribution in [0.5, 0.6) is 11.5 Å². The fourth-order valence-electron chi connectivity index (χ4n) is 2.32. The smallest absolute Gasteiger partial charge is 0.160 e. The van der Waals surface area contributed by atoms with Gasteiger partial charge in [-0.1, -0.05) is 6.07 Å². The molecule has 19 heavy (non-hydrogen) atoms. The fraction of sp³-hybridized carbons (Fsp3) is 0.600. The first-order chi connectivity index (χ1) is 9.33. The highest BCUT2D eigenvalue weighted by molar-refractivity contribution is 5.42. The monoisotopic (exact) mass is 265 g/mol. The molecule has 0 saturated carbocycles. The van der Waals surface area contributed by atoms with Crippen molar-refractivity contribution in [2.24, 2.45) is 5.92 Å². The van der Waals surface area contributed by atoms with Gasteiger partial charge in [-0.15, -0.1) is 0 Å². The Bertz CT molecular complexity index is 389. The molecule has 106 valence electrons. The van der Waals surface area contributed by atoms with Crippen molar-refractivity contribution < 1.29 is 14.2 Å². The van der Waals surface area contributed by atoms with Crippen LogP contribution in [0.4, 0.5) is 0 Å². The maximum absolute atomic E-state index is 5.36. The topological polar surface area (TPSA) is 39.7 Å². The van der Waals surface area contributed by atoms with Crippen LogP contribution in [0.25, 0.3) is 0 Å². The highest BCUT2D eigenvalue weighted by Crippen LogP contribution is 2.27. The molecule has 1 fully saturated rings. The lowest BCUT2D eigenvalue weighted by atomic mass is 10.1. The normalized spacial score (nSPS) is 18.5. The summed E-state index contributed by atoms with van der Waals surface area (Å²) in [5.41, 5.74) is 1.26. The van der Waals surface area contributed by atoms with Gasteiger partial charge in [-0.2, -0.15) is 0 Å². The van der Waals surface area contributed by atoms with Crippen molar-refractivity contribution in [3.8, 4) is 11.5 Å². The highest BCUT2D eigenvalue weighted by Gasteiger charge is 2.14. The zero-order chi connectivity index (χ0) is 13.5. The molecule has 1 aliphatic heterocycles. The maximum atomic E-state index is 5.36. The van der Waals surface area contributed by atoms with Crippen LogP contribution in [-0.4, -0.2) is 40.5 Å². The second-order valence-corrected chi connectivity index (χ2v) is 4.87. The Morgan fingerprint density at radius 2 is 2.11 bits per heavy atom. The van der Waals surface area contributed by atoms with Crippen LogP contribution in [0.15, 0.2) is 18.2 Å². The molecule has 1 heterocycles. The van der Waals surface area contributed by atoms with Crippen LogP contribution >= 0.6 is 0 Å². The Labute approximate surface area is 115 Å². The third kappa shape index (κ3) is 4.11. The lowest BCUT2D eigenvalue weighted by Crippen LogP contribution is -2.25. The molecule has 0 spiro atoms. The number of ether oxygens (including phenoxy) is 3. The van der Waals surface area contributed by atoms with Gasteiger partial charge >= 0.3 is 0 Å². The second-order valence-electron chi connectivity index (χ2n) is 4.87. The van der Waals surface area contributed by atoms with E-state index in [2.05, 4.69) is 11.4 Å². The minimum absolute atomic E-state index is 0.686. The molecule has 1 N–H and O–H groups in total. The van der Waals surface area contributed by atoms with E-state index in [-0.39, 0.29) is 0 Å². The van der Waals surface area contributed by atoms with Crippen LogP contribution in [0, 0.1) is 5.92 Å². The van der Waals surface area contributed by atoms with E-state index in [0.29, 0.717) is 5.92 Å². The predicted molar refractivity (Wildman–Crippen MR) is 75.0 cm³/mol. The summed E-state index contributed by atoms with van der Waals surface area (Å²) in [6.45, 7) is 3.85. The number of rotatable bonds is 7. The second kappa shape index (κ2) is 7.36. The van der Waals surface area contributed by atoms with Crippen molar-refractivity contribution >= 4 is 0 Å². The Morgan fingerprint density at radius 1 is 1.26 bits per heavy atom. The molecule has 0 aliphatic carbocycles. The lowest BCUT2D eigenvalue weighted by Gasteiger charge is -2.11. The minimum Gasteiger partial charge on any atom is -0.493 e. The van der Waals surface area contributed by atoms with Gasteiger partial charge in [0, 0.05) is 13.2 Å². The molecule has 0 amide bonds. The van der Waals surface area contributed by atoms with Crippen molar-refractivity contribution in [1.82, 2.24) is 5.32 Å². The third-order valence-corrected chi connectivity index (χ3v) is 3.50. The van der Waals surface area contributed by atoms with Crippen molar-refractivity contribution in [1.29, 1.82) is 0 Å². The molecule has 1 aliphatic rings. The maximum Gasteiger partial charge on any atom is 0.160 e. The molecule has 4 nitrogen and oxygen atoms in total. The first-order valence-electron chi connectivity index (χ1n) is 6.83. The van der Waals surface area contributed by atoms with Gasteiger partial charge in [-0.05, 0) is 43.0 Å². The third-order valence-electron chi connectivity index (χ3n) is 3.50. The first-order valence-corrected chi connectivity index (χ1v) is 6.83. The van der Waals surface area contributed by atoms with E-state index >= 15 is 0 Å². The Morgan fingerprint density at radius 3 is 2.79 bits per heavy atom. The van der Waals surface area contributed by atoms with Gasteiger partial charge in [0.15, 0.2) is 11.5 Å². The fourth-order valence-corrected chi connectivity index (χ4v) is 2.32. The van der Waals surface area contributed by atoms with Gasteiger partial charge in [0.05, 0.1) is 20.8 Å². The number of benzene rings is 1. The van der Waals surface area contributed by atoms with E-state index in [9.17, 15) is 0 Å². The molecule has 1 aromatic rings. The summed E-state index contributed by atoms with van der Waals surface area (Å²) in [6, 6.07) is 6.08. The van der Waals surface area contributed by atoms with E-state index in [4.69, 9.17) is 14.2 Å². The quantitative estimate of drug-likeness (QED) is 0.764. The van der Waals surface area contributed by atoms with E-state index < -0.39 is 0 Å². The van der Waals surface area contributed by atoms with Gasteiger partial charge in [-0.3, -0.25) is 0 Å². The van der Waals surface area contributed by atoms with Gasteiger partial charge in [0.1, 0.15) is 0 Å². The van der Waals surface area contributed by atoms with Crippen molar-refractivity contribution in [2.45, 2.75) is 12.8 Å². The average molecular weight is 265 g/mol. The number of methoxy groups -OCH3 is 2. The van der Waals surface area contributed by atoms with Crippen LogP contribution in [0.3, 0.4) is 0 Å². The lowest BCUT2D eigenvalue weighted by molar-refractivity contribution is 0.185. The predicted octanol–water partition coefficient (Wildman–Crippen LogP) is 1.87. The molecule has 1 unspecified atom stereocenters. The first kappa shape index (κ1) is 14.2. The van der Waals surface area contributed by atoms with Crippen LogP contribution < -0.4 is 14.8 Å². The molecular formula is C15H23NO3. The molecule has 0 aromatic heterocycles. The van der Waals surface area contributed by atoms with Gasteiger partial charge in [-0.25, -0.2) is 0 Å². The molecular weight excluding hydrogens is 242 g/mol. The molecule has 2 rings (SSSR count). The number of hydrogen-bond acceptors (Lipinski definition) is 4. The van der Waals surface area contributed by atoms with Gasteiger partial charge < -0.3 is 19.5 Å². The summed E-state index contributed by atoms with van der Waals surface area (Å²) in [5, 5.41) is 3.49. The van der Waals surface area contributed by atoms with Crippen LogP contribution in [0.2, 0.25) is 0 Å². The van der Waals surface area contributed by atoms with E-state index in [1.165, 1.54) is 12.0 Å². The summed E-state index contributed by atoms with van der Waals surface area (Å²) >= 11 is 0. The molecule has 1 aromatic carbocycles. The molecule has 0 radical (unpaired) electrons. The molecule has 1 atom stereocenters. The van der Waals surface area contributed by atoms with E-state index in [1.54, 1.807) is 14.2 Å². The number of nitrogens with one attached hydrogen (secondary N) is 1. The molecule has 0 bridgehead atoms. The Hall–Kier alpha value is -1.26. The highest BCUT2D eigenvalue weighted by atomic mass is 16.5. The minimum atomic E-state index is 0.686. The van der Waals surface area contributed by atoms with Crippen molar-refractivity contribution in [3.63, 3.8) is 0 Å². The van der Waals surface area contributed by atoms with Crippen LogP contribution in [0.1, 0.15) is 12.0 Å². The van der Waals surface area contributed by atoms with E-state index in [0.717, 1.165) is 44.2 Å². The van der Waals surface area contributed by atoms with Crippen molar-refractivity contribution in [3.05, 3.63) is 23.8 Å². The standard InChI is InChI=1S/C15H23NO3/c1-17-14-4-3-12(9-15(14)18-2)5-7-16-10-13-6-8-19-11-13/h3-4,9,13,16H,5-8,10-11H2,1-2H3. The zero-order valence-corrected chi connectivity index (χ0v) is 11.8. The summed E-state index contributed by atoms with van der Waals surface area (Å²) in [4.78, 5) is 0. The average Bonchev–Trinajstić information content (AvgIpc) is 2.96. The molecule has 1 saturated heterocycles. The summed E-state index contributed by atoms with van der Waals surface area (Å²) in [5.74, 6) is 2.26.